The number of anilines is 1. The summed E-state index contributed by atoms with van der Waals surface area (Å²) in [7, 11) is 0. The molecule has 0 spiro atoms. The third kappa shape index (κ3) is 4.58. The second kappa shape index (κ2) is 9.98. The van der Waals surface area contributed by atoms with E-state index in [2.05, 4.69) is 85.3 Å². The third-order valence-electron chi connectivity index (χ3n) is 7.04. The van der Waals surface area contributed by atoms with Gasteiger partial charge in [-0.15, -0.1) is 0 Å². The Hall–Kier alpha value is -3.18. The van der Waals surface area contributed by atoms with E-state index in [4.69, 9.17) is 10.1 Å². The Labute approximate surface area is 203 Å². The number of hydrogen-bond acceptors (Lipinski definition) is 4. The van der Waals surface area contributed by atoms with Gasteiger partial charge in [-0.1, -0.05) is 45.0 Å². The number of aromatic nitrogens is 3. The highest BCUT2D eigenvalue weighted by Crippen LogP contribution is 2.32. The number of hydrogen-bond donors (Lipinski definition) is 0. The molecule has 0 amide bonds. The highest BCUT2D eigenvalue weighted by molar-refractivity contribution is 5.91. The molecule has 5 rings (SSSR count). The van der Waals surface area contributed by atoms with E-state index in [1.165, 1.54) is 16.6 Å². The van der Waals surface area contributed by atoms with Crippen molar-refractivity contribution in [2.75, 3.05) is 31.1 Å². The molecule has 1 aliphatic heterocycles. The van der Waals surface area contributed by atoms with Crippen LogP contribution in [0, 0.1) is 0 Å². The van der Waals surface area contributed by atoms with Gasteiger partial charge >= 0.3 is 0 Å². The van der Waals surface area contributed by atoms with Crippen LogP contribution in [-0.2, 0) is 0 Å². The Balaban J connectivity index is 1.37. The largest absolute Gasteiger partial charge is 0.368 e. The molecule has 2 aromatic heterocycles. The van der Waals surface area contributed by atoms with Crippen molar-refractivity contribution in [3.63, 3.8) is 0 Å². The number of nitrogens with zero attached hydrogens (tertiary/aromatic N) is 5. The molecule has 5 nitrogen and oxygen atoms in total. The van der Waals surface area contributed by atoms with E-state index >= 15 is 0 Å². The van der Waals surface area contributed by atoms with E-state index in [1.54, 1.807) is 0 Å². The summed E-state index contributed by atoms with van der Waals surface area (Å²) in [4.78, 5) is 9.95. The van der Waals surface area contributed by atoms with Crippen LogP contribution < -0.4 is 4.90 Å². The van der Waals surface area contributed by atoms with Crippen molar-refractivity contribution < 1.29 is 0 Å². The smallest absolute Gasteiger partial charge is 0.0935 e. The summed E-state index contributed by atoms with van der Waals surface area (Å²) in [6.07, 6.45) is 6.20. The molecule has 1 aliphatic rings. The van der Waals surface area contributed by atoms with E-state index in [0.717, 1.165) is 55.9 Å². The molecule has 1 fully saturated rings. The van der Waals surface area contributed by atoms with Crippen LogP contribution in [0.25, 0.3) is 16.6 Å². The molecule has 3 heterocycles. The molecule has 4 aromatic rings. The first-order valence-electron chi connectivity index (χ1n) is 12.6. The average molecular weight is 454 g/mol. The van der Waals surface area contributed by atoms with Gasteiger partial charge in [0.05, 0.1) is 28.6 Å². The fourth-order valence-electron chi connectivity index (χ4n) is 5.15. The lowest BCUT2D eigenvalue weighted by molar-refractivity contribution is 0.201. The van der Waals surface area contributed by atoms with Gasteiger partial charge in [0.2, 0.25) is 0 Å². The van der Waals surface area contributed by atoms with E-state index in [1.807, 2.05) is 23.0 Å². The zero-order chi connectivity index (χ0) is 23.5. The predicted octanol–water partition coefficient (Wildman–Crippen LogP) is 6.21. The number of para-hydroxylation sites is 1. The summed E-state index contributed by atoms with van der Waals surface area (Å²) in [6, 6.07) is 21.8. The lowest BCUT2D eigenvalue weighted by atomic mass is 9.99. The van der Waals surface area contributed by atoms with Gasteiger partial charge in [-0.05, 0) is 60.7 Å². The van der Waals surface area contributed by atoms with E-state index in [9.17, 15) is 0 Å². The maximum atomic E-state index is 4.96. The molecule has 1 unspecified atom stereocenters. The van der Waals surface area contributed by atoms with E-state index in [0.29, 0.717) is 12.0 Å². The zero-order valence-electron chi connectivity index (χ0n) is 20.6. The minimum Gasteiger partial charge on any atom is -0.368 e. The van der Waals surface area contributed by atoms with Crippen LogP contribution in [0.3, 0.4) is 0 Å². The highest BCUT2D eigenvalue weighted by Gasteiger charge is 2.25. The van der Waals surface area contributed by atoms with E-state index < -0.39 is 0 Å². The van der Waals surface area contributed by atoms with Crippen molar-refractivity contribution in [3.05, 3.63) is 84.3 Å². The van der Waals surface area contributed by atoms with Crippen LogP contribution in [-0.4, -0.2) is 45.8 Å². The average Bonchev–Trinajstić information content (AvgIpc) is 3.23. The molecule has 1 atom stereocenters. The van der Waals surface area contributed by atoms with Crippen LogP contribution in [0.4, 0.5) is 5.69 Å². The van der Waals surface area contributed by atoms with E-state index in [-0.39, 0.29) is 0 Å². The summed E-state index contributed by atoms with van der Waals surface area (Å²) in [5.41, 5.74) is 6.05. The van der Waals surface area contributed by atoms with Gasteiger partial charge < -0.3 is 4.90 Å². The van der Waals surface area contributed by atoms with Gasteiger partial charge in [-0.2, -0.15) is 5.10 Å². The molecule has 0 radical (unpaired) electrons. The normalized spacial score (nSPS) is 16.2. The fraction of sp³-hybridized carbons (Fsp3) is 0.379. The van der Waals surface area contributed by atoms with Crippen molar-refractivity contribution >= 4 is 16.6 Å². The lowest BCUT2D eigenvalue weighted by Gasteiger charge is -2.29. The Kier molecular flexibility index (Phi) is 6.63. The first-order valence-corrected chi connectivity index (χ1v) is 12.6. The summed E-state index contributed by atoms with van der Waals surface area (Å²) in [5, 5.41) is 6.20. The molecular weight excluding hydrogens is 418 g/mol. The van der Waals surface area contributed by atoms with Crippen LogP contribution in [0.2, 0.25) is 0 Å². The molecule has 0 bridgehead atoms. The number of pyridine rings is 1. The van der Waals surface area contributed by atoms with Gasteiger partial charge in [-0.3, -0.25) is 9.88 Å². The van der Waals surface area contributed by atoms with Gasteiger partial charge in [-0.25, -0.2) is 4.68 Å². The predicted molar refractivity (Wildman–Crippen MR) is 141 cm³/mol. The molecule has 5 heteroatoms. The summed E-state index contributed by atoms with van der Waals surface area (Å²) >= 11 is 0. The number of fused-ring (bicyclic) bond motifs is 1. The SMILES string of the molecule is CCC(c1ccn(-c2ccccc2)n1)N1CCCN(c2cc(C(C)C)cc3cccnc23)CC1. The Bertz CT molecular complexity index is 1230. The van der Waals surface area contributed by atoms with Crippen LogP contribution in [0.1, 0.15) is 56.8 Å². The summed E-state index contributed by atoms with van der Waals surface area (Å²) in [5.74, 6) is 0.496. The van der Waals surface area contributed by atoms with Crippen molar-refractivity contribution in [2.24, 2.45) is 0 Å². The quantitative estimate of drug-likeness (QED) is 0.348. The molecule has 1 saturated heterocycles. The topological polar surface area (TPSA) is 37.2 Å². The number of benzene rings is 2. The number of rotatable bonds is 6. The summed E-state index contributed by atoms with van der Waals surface area (Å²) in [6.45, 7) is 11.0. The van der Waals surface area contributed by atoms with Crippen molar-refractivity contribution in [1.82, 2.24) is 19.7 Å². The standard InChI is InChI=1S/C29H35N5/c1-4-27(26-13-17-34(31-26)25-11-6-5-7-12-25)32-15-9-16-33(19-18-32)28-21-24(22(2)3)20-23-10-8-14-30-29(23)28/h5-8,10-14,17,20-22,27H,4,9,15-16,18-19H2,1-3H3. The summed E-state index contributed by atoms with van der Waals surface area (Å²) < 4.78 is 2.00. The van der Waals surface area contributed by atoms with Crippen molar-refractivity contribution in [1.29, 1.82) is 0 Å². The molecule has 176 valence electrons. The third-order valence-corrected chi connectivity index (χ3v) is 7.04. The molecular formula is C29H35N5. The lowest BCUT2D eigenvalue weighted by Crippen LogP contribution is -2.33. The fourth-order valence-corrected chi connectivity index (χ4v) is 5.15. The highest BCUT2D eigenvalue weighted by atomic mass is 15.3. The first kappa shape index (κ1) is 22.6. The van der Waals surface area contributed by atoms with Crippen LogP contribution in [0.15, 0.2) is 73.1 Å². The van der Waals surface area contributed by atoms with Crippen LogP contribution in [0.5, 0.6) is 0 Å². The monoisotopic (exact) mass is 453 g/mol. The molecule has 0 aliphatic carbocycles. The van der Waals surface area contributed by atoms with Crippen LogP contribution >= 0.6 is 0 Å². The maximum Gasteiger partial charge on any atom is 0.0935 e. The maximum absolute atomic E-state index is 4.96. The Morgan fingerprint density at radius 1 is 0.912 bits per heavy atom. The van der Waals surface area contributed by atoms with Gasteiger partial charge in [0.15, 0.2) is 0 Å². The molecule has 34 heavy (non-hydrogen) atoms. The zero-order valence-corrected chi connectivity index (χ0v) is 20.6. The van der Waals surface area contributed by atoms with Crippen molar-refractivity contribution in [3.8, 4) is 5.69 Å². The minimum atomic E-state index is 0.335. The second-order valence-corrected chi connectivity index (χ2v) is 9.59. The van der Waals surface area contributed by atoms with Crippen molar-refractivity contribution in [2.45, 2.75) is 45.6 Å². The Morgan fingerprint density at radius 2 is 1.76 bits per heavy atom. The molecule has 0 N–H and O–H groups in total. The van der Waals surface area contributed by atoms with Gasteiger partial charge in [0, 0.05) is 44.0 Å². The second-order valence-electron chi connectivity index (χ2n) is 9.59. The molecule has 0 saturated carbocycles. The molecule has 2 aromatic carbocycles. The van der Waals surface area contributed by atoms with Gasteiger partial charge in [0.25, 0.3) is 0 Å². The minimum absolute atomic E-state index is 0.335. The first-order chi connectivity index (χ1) is 16.6. The Morgan fingerprint density at radius 3 is 2.56 bits per heavy atom. The van der Waals surface area contributed by atoms with Gasteiger partial charge in [0.1, 0.15) is 0 Å².